The number of aryl methyl sites for hydroxylation is 1. The lowest BCUT2D eigenvalue weighted by Gasteiger charge is -2.17. The Hall–Kier alpha value is -2.38. The molecule has 0 unspecified atom stereocenters. The van der Waals surface area contributed by atoms with Crippen LogP contribution in [-0.4, -0.2) is 22.6 Å². The lowest BCUT2D eigenvalue weighted by Crippen LogP contribution is -2.19. The molecule has 3 rings (SSSR count). The molecule has 1 heterocycles. The molecule has 1 aromatic heterocycles. The molecule has 0 spiro atoms. The molecule has 0 radical (unpaired) electrons. The van der Waals surface area contributed by atoms with Crippen LogP contribution < -0.4 is 10.6 Å². The van der Waals surface area contributed by atoms with Crippen LogP contribution in [0.4, 0.5) is 10.8 Å². The number of benzene rings is 2. The van der Waals surface area contributed by atoms with Crippen LogP contribution in [0.25, 0.3) is 10.2 Å². The molecule has 2 amide bonds. The van der Waals surface area contributed by atoms with E-state index >= 15 is 0 Å². The number of amides is 2. The SMILES string of the molecule is Cc1ccc2nc(NC(=O)CSc3ccc(NC(=O)CC(C)(C)C)cc3)sc2c1. The predicted molar refractivity (Wildman–Crippen MR) is 123 cm³/mol. The molecule has 7 heteroatoms. The van der Waals surface area contributed by atoms with E-state index in [0.29, 0.717) is 17.3 Å². The quantitative estimate of drug-likeness (QED) is 0.494. The highest BCUT2D eigenvalue weighted by Crippen LogP contribution is 2.27. The minimum Gasteiger partial charge on any atom is -0.326 e. The van der Waals surface area contributed by atoms with Gasteiger partial charge >= 0.3 is 0 Å². The van der Waals surface area contributed by atoms with Gasteiger partial charge in [-0.3, -0.25) is 9.59 Å². The third-order valence-corrected chi connectivity index (χ3v) is 5.93. The second-order valence-electron chi connectivity index (χ2n) is 8.14. The molecule has 29 heavy (non-hydrogen) atoms. The monoisotopic (exact) mass is 427 g/mol. The molecular formula is C22H25N3O2S2. The Morgan fingerprint density at radius 3 is 2.45 bits per heavy atom. The first kappa shape index (κ1) is 21.3. The van der Waals surface area contributed by atoms with Crippen molar-refractivity contribution in [3.8, 4) is 0 Å². The maximum absolute atomic E-state index is 12.3. The molecule has 3 aromatic rings. The van der Waals surface area contributed by atoms with Crippen LogP contribution in [0, 0.1) is 12.3 Å². The van der Waals surface area contributed by atoms with E-state index in [9.17, 15) is 9.59 Å². The predicted octanol–water partition coefficient (Wildman–Crippen LogP) is 5.71. The molecule has 0 saturated heterocycles. The molecule has 0 atom stereocenters. The average Bonchev–Trinajstić information content (AvgIpc) is 3.00. The lowest BCUT2D eigenvalue weighted by molar-refractivity contribution is -0.118. The zero-order chi connectivity index (χ0) is 21.0. The molecule has 0 bridgehead atoms. The van der Waals surface area contributed by atoms with E-state index < -0.39 is 0 Å². The fraction of sp³-hybridized carbons (Fsp3) is 0.318. The Labute approximate surface area is 179 Å². The Balaban J connectivity index is 1.50. The van der Waals surface area contributed by atoms with Crippen LogP contribution in [0.15, 0.2) is 47.4 Å². The number of rotatable bonds is 6. The number of thioether (sulfide) groups is 1. The van der Waals surface area contributed by atoms with Gasteiger partial charge in [0.15, 0.2) is 5.13 Å². The van der Waals surface area contributed by atoms with E-state index in [-0.39, 0.29) is 17.2 Å². The van der Waals surface area contributed by atoms with Gasteiger partial charge < -0.3 is 10.6 Å². The summed E-state index contributed by atoms with van der Waals surface area (Å²) in [5, 5.41) is 6.39. The van der Waals surface area contributed by atoms with Crippen molar-refractivity contribution in [3.05, 3.63) is 48.0 Å². The van der Waals surface area contributed by atoms with E-state index in [1.807, 2.05) is 64.1 Å². The summed E-state index contributed by atoms with van der Waals surface area (Å²) in [6.07, 6.45) is 0.467. The van der Waals surface area contributed by atoms with E-state index in [0.717, 1.165) is 20.8 Å². The highest BCUT2D eigenvalue weighted by atomic mass is 32.2. The molecule has 2 aromatic carbocycles. The molecule has 5 nitrogen and oxygen atoms in total. The first-order valence-corrected chi connectivity index (χ1v) is 11.2. The van der Waals surface area contributed by atoms with Crippen molar-refractivity contribution in [1.82, 2.24) is 4.98 Å². The van der Waals surface area contributed by atoms with Gasteiger partial charge in [0.25, 0.3) is 0 Å². The fourth-order valence-electron chi connectivity index (χ4n) is 2.71. The highest BCUT2D eigenvalue weighted by Gasteiger charge is 2.16. The first-order chi connectivity index (χ1) is 13.7. The van der Waals surface area contributed by atoms with Gasteiger partial charge in [-0.25, -0.2) is 4.98 Å². The summed E-state index contributed by atoms with van der Waals surface area (Å²) in [5.74, 6) is 0.210. The van der Waals surface area contributed by atoms with Crippen LogP contribution in [0.1, 0.15) is 32.8 Å². The molecule has 0 aliphatic carbocycles. The molecule has 0 aliphatic heterocycles. The summed E-state index contributed by atoms with van der Waals surface area (Å²) in [6.45, 7) is 8.14. The van der Waals surface area contributed by atoms with Crippen LogP contribution in [-0.2, 0) is 9.59 Å². The van der Waals surface area contributed by atoms with E-state index in [2.05, 4.69) is 21.7 Å². The van der Waals surface area contributed by atoms with E-state index in [1.165, 1.54) is 28.7 Å². The van der Waals surface area contributed by atoms with Gasteiger partial charge in [-0.05, 0) is 54.3 Å². The minimum atomic E-state index is -0.0895. The lowest BCUT2D eigenvalue weighted by atomic mass is 9.92. The van der Waals surface area contributed by atoms with Crippen molar-refractivity contribution in [2.75, 3.05) is 16.4 Å². The van der Waals surface area contributed by atoms with Crippen LogP contribution in [0.2, 0.25) is 0 Å². The van der Waals surface area contributed by atoms with E-state index in [1.54, 1.807) is 0 Å². The zero-order valence-corrected chi connectivity index (χ0v) is 18.7. The Morgan fingerprint density at radius 2 is 1.76 bits per heavy atom. The Morgan fingerprint density at radius 1 is 1.03 bits per heavy atom. The standard InChI is InChI=1S/C22H25N3O2S2/c1-14-5-10-17-18(11-14)29-21(24-17)25-20(27)13-28-16-8-6-15(7-9-16)23-19(26)12-22(2,3)4/h5-11H,12-13H2,1-4H3,(H,23,26)(H,24,25,27). The van der Waals surface area contributed by atoms with Crippen molar-refractivity contribution >= 4 is 55.9 Å². The zero-order valence-electron chi connectivity index (χ0n) is 17.0. The second kappa shape index (κ2) is 8.97. The van der Waals surface area contributed by atoms with Gasteiger partial charge in [0.1, 0.15) is 0 Å². The number of thiazole rings is 1. The minimum absolute atomic E-state index is 0.00306. The summed E-state index contributed by atoms with van der Waals surface area (Å²) >= 11 is 2.93. The van der Waals surface area contributed by atoms with Gasteiger partial charge in [-0.2, -0.15) is 0 Å². The Kier molecular flexibility index (Phi) is 6.59. The first-order valence-electron chi connectivity index (χ1n) is 9.38. The number of nitrogens with one attached hydrogen (secondary N) is 2. The van der Waals surface area contributed by atoms with Crippen molar-refractivity contribution < 1.29 is 9.59 Å². The molecule has 0 fully saturated rings. The molecule has 0 aliphatic rings. The van der Waals surface area contributed by atoms with Crippen LogP contribution in [0.3, 0.4) is 0 Å². The summed E-state index contributed by atoms with van der Waals surface area (Å²) in [4.78, 5) is 29.7. The van der Waals surface area contributed by atoms with Crippen molar-refractivity contribution in [2.24, 2.45) is 5.41 Å². The number of carbonyl (C=O) groups excluding carboxylic acids is 2. The van der Waals surface area contributed by atoms with Crippen LogP contribution >= 0.6 is 23.1 Å². The van der Waals surface area contributed by atoms with Gasteiger partial charge in [0.05, 0.1) is 16.0 Å². The van der Waals surface area contributed by atoms with E-state index in [4.69, 9.17) is 0 Å². The molecular weight excluding hydrogens is 402 g/mol. The van der Waals surface area contributed by atoms with Gasteiger partial charge in [-0.15, -0.1) is 11.8 Å². The molecule has 0 saturated carbocycles. The number of hydrogen-bond donors (Lipinski definition) is 2. The average molecular weight is 428 g/mol. The summed E-state index contributed by atoms with van der Waals surface area (Å²) in [5.41, 5.74) is 2.79. The number of hydrogen-bond acceptors (Lipinski definition) is 5. The number of carbonyl (C=O) groups is 2. The maximum Gasteiger partial charge on any atom is 0.236 e. The normalized spacial score (nSPS) is 11.4. The van der Waals surface area contributed by atoms with Gasteiger partial charge in [-0.1, -0.05) is 38.2 Å². The third kappa shape index (κ3) is 6.58. The summed E-state index contributed by atoms with van der Waals surface area (Å²) in [6, 6.07) is 13.6. The number of aromatic nitrogens is 1. The second-order valence-corrected chi connectivity index (χ2v) is 10.2. The fourth-order valence-corrected chi connectivity index (χ4v) is 4.39. The highest BCUT2D eigenvalue weighted by molar-refractivity contribution is 8.00. The Bertz CT molecular complexity index is 1020. The molecule has 152 valence electrons. The summed E-state index contributed by atoms with van der Waals surface area (Å²) < 4.78 is 1.07. The van der Waals surface area contributed by atoms with Crippen molar-refractivity contribution in [2.45, 2.75) is 39.0 Å². The van der Waals surface area contributed by atoms with Crippen molar-refractivity contribution in [1.29, 1.82) is 0 Å². The molecule has 2 N–H and O–H groups in total. The smallest absolute Gasteiger partial charge is 0.236 e. The third-order valence-electron chi connectivity index (χ3n) is 3.99. The number of nitrogens with zero attached hydrogens (tertiary/aromatic N) is 1. The van der Waals surface area contributed by atoms with Crippen molar-refractivity contribution in [3.63, 3.8) is 0 Å². The topological polar surface area (TPSA) is 71.1 Å². The largest absolute Gasteiger partial charge is 0.326 e. The number of anilines is 2. The van der Waals surface area contributed by atoms with Gasteiger partial charge in [0.2, 0.25) is 11.8 Å². The number of fused-ring (bicyclic) bond motifs is 1. The van der Waals surface area contributed by atoms with Crippen LogP contribution in [0.5, 0.6) is 0 Å². The summed E-state index contributed by atoms with van der Waals surface area (Å²) in [7, 11) is 0. The maximum atomic E-state index is 12.3. The van der Waals surface area contributed by atoms with Gasteiger partial charge in [0, 0.05) is 17.0 Å².